The van der Waals surface area contributed by atoms with Crippen LogP contribution in [0.1, 0.15) is 16.2 Å². The molecule has 8 heteroatoms. The average Bonchev–Trinajstić information content (AvgIpc) is 3.20. The van der Waals surface area contributed by atoms with Crippen molar-refractivity contribution < 1.29 is 28.3 Å². The van der Waals surface area contributed by atoms with Crippen molar-refractivity contribution in [2.24, 2.45) is 0 Å². The summed E-state index contributed by atoms with van der Waals surface area (Å²) in [5, 5.41) is 3.91. The summed E-state index contributed by atoms with van der Waals surface area (Å²) in [5.74, 6) is 1.17. The Morgan fingerprint density at radius 2 is 1.56 bits per heavy atom. The summed E-state index contributed by atoms with van der Waals surface area (Å²) < 4.78 is 26.1. The molecule has 0 aliphatic rings. The summed E-state index contributed by atoms with van der Waals surface area (Å²) in [5.41, 5.74) is 0.861. The molecule has 0 atom stereocenters. The maximum absolute atomic E-state index is 12.5. The van der Waals surface area contributed by atoms with Crippen LogP contribution in [0.4, 0.5) is 0 Å². The first-order valence-electron chi connectivity index (χ1n) is 8.02. The molecule has 0 bridgehead atoms. The summed E-state index contributed by atoms with van der Waals surface area (Å²) >= 11 is 0. The minimum atomic E-state index is -0.624. The first-order valence-corrected chi connectivity index (χ1v) is 8.02. The highest BCUT2D eigenvalue weighted by Gasteiger charge is 2.21. The number of esters is 1. The third kappa shape index (κ3) is 3.84. The molecule has 0 aliphatic heterocycles. The van der Waals surface area contributed by atoms with E-state index >= 15 is 0 Å². The maximum atomic E-state index is 12.5. The highest BCUT2D eigenvalue weighted by atomic mass is 16.6. The van der Waals surface area contributed by atoms with Crippen LogP contribution in [0.5, 0.6) is 17.2 Å². The summed E-state index contributed by atoms with van der Waals surface area (Å²) in [4.78, 5) is 16.7. The molecule has 0 amide bonds. The van der Waals surface area contributed by atoms with E-state index in [2.05, 4.69) is 10.1 Å². The lowest BCUT2D eigenvalue weighted by atomic mass is 10.2. The largest absolute Gasteiger partial charge is 0.496 e. The van der Waals surface area contributed by atoms with Crippen molar-refractivity contribution >= 4 is 5.97 Å². The van der Waals surface area contributed by atoms with Crippen LogP contribution in [-0.2, 0) is 11.3 Å². The number of nitrogens with zero attached hydrogens (tertiary/aromatic N) is 2. The number of ether oxygens (including phenoxy) is 4. The number of hydrogen-bond acceptors (Lipinski definition) is 8. The number of benzene rings is 2. The Morgan fingerprint density at radius 3 is 2.22 bits per heavy atom. The van der Waals surface area contributed by atoms with E-state index < -0.39 is 5.97 Å². The monoisotopic (exact) mass is 370 g/mol. The van der Waals surface area contributed by atoms with E-state index in [-0.39, 0.29) is 18.1 Å². The fourth-order valence-electron chi connectivity index (χ4n) is 2.50. The van der Waals surface area contributed by atoms with E-state index in [1.54, 1.807) is 37.4 Å². The van der Waals surface area contributed by atoms with Gasteiger partial charge in [-0.15, -0.1) is 0 Å². The van der Waals surface area contributed by atoms with Crippen molar-refractivity contribution in [3.8, 4) is 28.6 Å². The molecule has 0 aliphatic carbocycles. The molecule has 0 spiro atoms. The topological polar surface area (TPSA) is 92.9 Å². The molecule has 3 aromatic rings. The van der Waals surface area contributed by atoms with E-state index in [4.69, 9.17) is 23.5 Å². The molecule has 2 aromatic carbocycles. The highest BCUT2D eigenvalue weighted by Crippen LogP contribution is 2.30. The lowest BCUT2D eigenvalue weighted by Gasteiger charge is -2.11. The van der Waals surface area contributed by atoms with Crippen LogP contribution in [0, 0.1) is 0 Å². The average molecular weight is 370 g/mol. The Kier molecular flexibility index (Phi) is 5.55. The number of aromatic nitrogens is 2. The summed E-state index contributed by atoms with van der Waals surface area (Å²) in [6.45, 7) is -0.192. The molecule has 0 N–H and O–H groups in total. The Labute approximate surface area is 155 Å². The second kappa shape index (κ2) is 8.22. The third-order valence-corrected chi connectivity index (χ3v) is 3.77. The summed E-state index contributed by atoms with van der Waals surface area (Å²) in [6, 6.07) is 12.3. The molecule has 1 heterocycles. The Hall–Kier alpha value is -3.55. The Morgan fingerprint density at radius 1 is 0.926 bits per heavy atom. The van der Waals surface area contributed by atoms with Crippen molar-refractivity contribution in [1.29, 1.82) is 0 Å². The number of methoxy groups -OCH3 is 3. The zero-order valence-electron chi connectivity index (χ0n) is 15.1. The van der Waals surface area contributed by atoms with Crippen molar-refractivity contribution in [3.63, 3.8) is 0 Å². The van der Waals surface area contributed by atoms with Crippen molar-refractivity contribution in [3.05, 3.63) is 53.9 Å². The van der Waals surface area contributed by atoms with Crippen LogP contribution in [0.2, 0.25) is 0 Å². The van der Waals surface area contributed by atoms with Gasteiger partial charge in [0.05, 0.1) is 26.9 Å². The van der Waals surface area contributed by atoms with Gasteiger partial charge in [-0.2, -0.15) is 4.98 Å². The van der Waals surface area contributed by atoms with E-state index in [0.29, 0.717) is 28.6 Å². The lowest BCUT2D eigenvalue weighted by molar-refractivity contribution is 0.0422. The van der Waals surface area contributed by atoms with E-state index in [1.165, 1.54) is 14.2 Å². The zero-order chi connectivity index (χ0) is 19.2. The van der Waals surface area contributed by atoms with Gasteiger partial charge >= 0.3 is 5.97 Å². The third-order valence-electron chi connectivity index (χ3n) is 3.77. The van der Waals surface area contributed by atoms with Crippen LogP contribution in [-0.4, -0.2) is 37.4 Å². The minimum absolute atomic E-state index is 0.151. The molecule has 27 heavy (non-hydrogen) atoms. The number of hydrogen-bond donors (Lipinski definition) is 0. The van der Waals surface area contributed by atoms with Gasteiger partial charge in [0.25, 0.3) is 5.89 Å². The zero-order valence-corrected chi connectivity index (χ0v) is 15.1. The molecule has 0 fully saturated rings. The predicted molar refractivity (Wildman–Crippen MR) is 95.0 cm³/mol. The van der Waals surface area contributed by atoms with Crippen LogP contribution in [0.25, 0.3) is 11.4 Å². The Bertz CT molecular complexity index is 915. The van der Waals surface area contributed by atoms with Gasteiger partial charge in [0.15, 0.2) is 6.61 Å². The normalized spacial score (nSPS) is 10.3. The summed E-state index contributed by atoms with van der Waals surface area (Å²) in [7, 11) is 4.48. The molecule has 0 saturated heterocycles. The number of para-hydroxylation sites is 1. The van der Waals surface area contributed by atoms with Crippen molar-refractivity contribution in [2.75, 3.05) is 21.3 Å². The number of rotatable bonds is 7. The molecule has 1 aromatic heterocycles. The quantitative estimate of drug-likeness (QED) is 0.586. The van der Waals surface area contributed by atoms with Gasteiger partial charge in [0.2, 0.25) is 5.82 Å². The van der Waals surface area contributed by atoms with Gasteiger partial charge in [-0.3, -0.25) is 0 Å². The molecular weight excluding hydrogens is 352 g/mol. The first-order chi connectivity index (χ1) is 13.2. The van der Waals surface area contributed by atoms with Gasteiger partial charge in [-0.1, -0.05) is 23.4 Å². The second-order valence-electron chi connectivity index (χ2n) is 5.33. The molecular formula is C19H18N2O6. The molecule has 0 saturated carbocycles. The van der Waals surface area contributed by atoms with E-state index in [0.717, 1.165) is 0 Å². The Balaban J connectivity index is 1.75. The van der Waals surface area contributed by atoms with Gasteiger partial charge in [0, 0.05) is 0 Å². The van der Waals surface area contributed by atoms with Gasteiger partial charge in [-0.05, 0) is 24.3 Å². The van der Waals surface area contributed by atoms with Gasteiger partial charge < -0.3 is 23.5 Å². The van der Waals surface area contributed by atoms with E-state index in [1.807, 2.05) is 12.1 Å². The lowest BCUT2D eigenvalue weighted by Crippen LogP contribution is -2.09. The fourth-order valence-corrected chi connectivity index (χ4v) is 2.50. The first kappa shape index (κ1) is 18.2. The molecule has 140 valence electrons. The van der Waals surface area contributed by atoms with Crippen LogP contribution in [0.15, 0.2) is 47.0 Å². The van der Waals surface area contributed by atoms with Crippen LogP contribution < -0.4 is 14.2 Å². The van der Waals surface area contributed by atoms with E-state index in [9.17, 15) is 4.79 Å². The molecule has 0 unspecified atom stereocenters. The maximum Gasteiger partial charge on any atom is 0.346 e. The number of carbonyl (C=O) groups excluding carboxylic acids is 1. The smallest absolute Gasteiger partial charge is 0.346 e. The van der Waals surface area contributed by atoms with Crippen molar-refractivity contribution in [1.82, 2.24) is 10.1 Å². The number of carbonyl (C=O) groups is 1. The van der Waals surface area contributed by atoms with Crippen LogP contribution >= 0.6 is 0 Å². The van der Waals surface area contributed by atoms with Gasteiger partial charge in [0.1, 0.15) is 22.8 Å². The summed E-state index contributed by atoms with van der Waals surface area (Å²) in [6.07, 6.45) is 0. The standard InChI is InChI=1S/C19H18N2O6/c1-23-13-8-5-4-7-12(13)18-20-16(27-21-18)11-26-19(22)17-14(24-2)9-6-10-15(17)25-3/h4-10H,11H2,1-3H3. The minimum Gasteiger partial charge on any atom is -0.496 e. The van der Waals surface area contributed by atoms with Crippen molar-refractivity contribution in [2.45, 2.75) is 6.61 Å². The SMILES string of the molecule is COc1ccccc1-c1noc(COC(=O)c2c(OC)cccc2OC)n1. The predicted octanol–water partition coefficient (Wildman–Crippen LogP) is 3.12. The van der Waals surface area contributed by atoms with Crippen LogP contribution in [0.3, 0.4) is 0 Å². The second-order valence-corrected chi connectivity index (χ2v) is 5.33. The molecule has 8 nitrogen and oxygen atoms in total. The molecule has 3 rings (SSSR count). The fraction of sp³-hybridized carbons (Fsp3) is 0.211. The van der Waals surface area contributed by atoms with Gasteiger partial charge in [-0.25, -0.2) is 4.79 Å². The highest BCUT2D eigenvalue weighted by molar-refractivity contribution is 5.95. The molecule has 0 radical (unpaired) electrons.